The van der Waals surface area contributed by atoms with E-state index in [1.165, 1.54) is 21.9 Å². The number of benzene rings is 3. The van der Waals surface area contributed by atoms with Crippen molar-refractivity contribution in [1.29, 1.82) is 0 Å². The van der Waals surface area contributed by atoms with E-state index in [0.717, 1.165) is 28.1 Å². The van der Waals surface area contributed by atoms with Crippen molar-refractivity contribution in [2.45, 2.75) is 19.3 Å². The topological polar surface area (TPSA) is 30.7 Å². The molecular formula is C31H25N3. The van der Waals surface area contributed by atoms with Crippen LogP contribution in [-0.2, 0) is 5.41 Å². The van der Waals surface area contributed by atoms with Gasteiger partial charge in [-0.1, -0.05) is 80.6 Å². The maximum atomic E-state index is 7.85. The zero-order valence-electron chi connectivity index (χ0n) is 20.2. The van der Waals surface area contributed by atoms with Crippen LogP contribution in [0.5, 0.6) is 0 Å². The van der Waals surface area contributed by atoms with Crippen LogP contribution in [0.1, 0.15) is 26.5 Å². The van der Waals surface area contributed by atoms with Crippen molar-refractivity contribution >= 4 is 21.8 Å². The predicted octanol–water partition coefficient (Wildman–Crippen LogP) is 7.57. The molecular weight excluding hydrogens is 414 g/mol. The molecule has 0 saturated carbocycles. The summed E-state index contributed by atoms with van der Waals surface area (Å²) in [4.78, 5) is 9.19. The highest BCUT2D eigenvalue weighted by Gasteiger charge is 2.24. The molecule has 3 aromatic heterocycles. The van der Waals surface area contributed by atoms with E-state index in [4.69, 9.17) is 1.37 Å². The molecule has 3 nitrogen and oxygen atoms in total. The molecule has 0 aliphatic carbocycles. The van der Waals surface area contributed by atoms with Crippen LogP contribution in [-0.4, -0.2) is 14.5 Å². The monoisotopic (exact) mass is 440 g/mol. The van der Waals surface area contributed by atoms with Crippen molar-refractivity contribution in [2.75, 3.05) is 0 Å². The third-order valence-corrected chi connectivity index (χ3v) is 6.73. The largest absolute Gasteiger partial charge is 0.294 e. The lowest BCUT2D eigenvalue weighted by molar-refractivity contribution is 0.617. The maximum absolute atomic E-state index is 7.85. The van der Waals surface area contributed by atoms with Crippen LogP contribution in [0.25, 0.3) is 38.8 Å². The van der Waals surface area contributed by atoms with Gasteiger partial charge < -0.3 is 0 Å². The first kappa shape index (κ1) is 19.2. The number of hydrogen-bond donors (Lipinski definition) is 0. The molecule has 0 radical (unpaired) electrons. The standard InChI is InChI=1S/C31H25N3/c1-31(2,29-14-5-7-18-32-29)24-11-9-10-22(20-24)23-16-17-26-25-12-3-4-13-27(25)34(28(26)21-23)30-15-6-8-19-33-30/h3-21H,1-2H3/i8D. The summed E-state index contributed by atoms with van der Waals surface area (Å²) in [5.74, 6) is 0.814. The molecule has 0 saturated heterocycles. The van der Waals surface area contributed by atoms with Gasteiger partial charge >= 0.3 is 0 Å². The number of nitrogens with zero attached hydrogens (tertiary/aromatic N) is 3. The Hall–Kier alpha value is -4.24. The van der Waals surface area contributed by atoms with Crippen LogP contribution in [0.3, 0.4) is 0 Å². The molecule has 0 spiro atoms. The van der Waals surface area contributed by atoms with Crippen LogP contribution in [0.2, 0.25) is 0 Å². The molecule has 0 atom stereocenters. The van der Waals surface area contributed by atoms with Gasteiger partial charge in [-0.05, 0) is 53.1 Å². The third kappa shape index (κ3) is 3.29. The number of para-hydroxylation sites is 1. The van der Waals surface area contributed by atoms with Gasteiger partial charge in [0, 0.05) is 28.6 Å². The summed E-state index contributed by atoms with van der Waals surface area (Å²) < 4.78 is 10.0. The van der Waals surface area contributed by atoms with Crippen LogP contribution in [0.4, 0.5) is 0 Å². The van der Waals surface area contributed by atoms with Crippen molar-refractivity contribution in [3.63, 3.8) is 0 Å². The first-order valence-corrected chi connectivity index (χ1v) is 11.5. The molecule has 0 bridgehead atoms. The lowest BCUT2D eigenvalue weighted by Gasteiger charge is -2.25. The van der Waals surface area contributed by atoms with Crippen molar-refractivity contribution in [1.82, 2.24) is 14.5 Å². The normalized spacial score (nSPS) is 12.2. The fourth-order valence-electron chi connectivity index (χ4n) is 4.81. The van der Waals surface area contributed by atoms with E-state index in [9.17, 15) is 0 Å². The van der Waals surface area contributed by atoms with Gasteiger partial charge in [0.1, 0.15) is 5.82 Å². The van der Waals surface area contributed by atoms with Crippen LogP contribution in [0, 0.1) is 0 Å². The van der Waals surface area contributed by atoms with E-state index < -0.39 is 0 Å². The SMILES string of the molecule is [2H]c1ccc(-n2c3ccccc3c3ccc(-c4cccc(C(C)(C)c5ccccn5)c4)cc32)nc1. The Balaban J connectivity index is 1.53. The Morgan fingerprint density at radius 3 is 2.32 bits per heavy atom. The van der Waals surface area contributed by atoms with Crippen molar-refractivity contribution in [3.05, 3.63) is 127 Å². The summed E-state index contributed by atoms with van der Waals surface area (Å²) in [5.41, 5.74) is 6.59. The Labute approximate surface area is 200 Å². The van der Waals surface area contributed by atoms with E-state index >= 15 is 0 Å². The van der Waals surface area contributed by atoms with E-state index in [1.54, 1.807) is 12.3 Å². The van der Waals surface area contributed by atoms with E-state index in [-0.39, 0.29) is 5.41 Å². The Morgan fingerprint density at radius 2 is 1.50 bits per heavy atom. The summed E-state index contributed by atoms with van der Waals surface area (Å²) in [6, 6.07) is 34.0. The smallest absolute Gasteiger partial charge is 0.137 e. The second-order valence-corrected chi connectivity index (χ2v) is 9.12. The summed E-state index contributed by atoms with van der Waals surface area (Å²) >= 11 is 0. The van der Waals surface area contributed by atoms with Gasteiger partial charge in [-0.15, -0.1) is 0 Å². The van der Waals surface area contributed by atoms with Crippen LogP contribution in [0.15, 0.2) is 115 Å². The number of pyridine rings is 2. The van der Waals surface area contributed by atoms with E-state index in [1.807, 2.05) is 24.4 Å². The van der Waals surface area contributed by atoms with Crippen molar-refractivity contribution < 1.29 is 1.37 Å². The van der Waals surface area contributed by atoms with Gasteiger partial charge in [0.25, 0.3) is 0 Å². The summed E-state index contributed by atoms with van der Waals surface area (Å²) in [7, 11) is 0. The molecule has 0 aliphatic heterocycles. The minimum atomic E-state index is -0.210. The minimum Gasteiger partial charge on any atom is -0.294 e. The molecule has 0 unspecified atom stereocenters. The highest BCUT2D eigenvalue weighted by atomic mass is 15.1. The van der Waals surface area contributed by atoms with Crippen molar-refractivity contribution in [2.24, 2.45) is 0 Å². The molecule has 3 heterocycles. The lowest BCUT2D eigenvalue weighted by Crippen LogP contribution is -2.20. The number of aromatic nitrogens is 3. The quantitative estimate of drug-likeness (QED) is 0.283. The molecule has 3 aromatic carbocycles. The zero-order valence-corrected chi connectivity index (χ0v) is 19.2. The second kappa shape index (κ2) is 7.96. The average Bonchev–Trinajstić information content (AvgIpc) is 3.23. The van der Waals surface area contributed by atoms with Crippen molar-refractivity contribution in [3.8, 4) is 16.9 Å². The molecule has 3 heteroatoms. The van der Waals surface area contributed by atoms with Crippen LogP contribution < -0.4 is 0 Å². The third-order valence-electron chi connectivity index (χ3n) is 6.73. The highest BCUT2D eigenvalue weighted by Crippen LogP contribution is 2.36. The zero-order chi connectivity index (χ0) is 24.0. The molecule has 0 amide bonds. The average molecular weight is 441 g/mol. The van der Waals surface area contributed by atoms with Gasteiger partial charge in [-0.2, -0.15) is 0 Å². The highest BCUT2D eigenvalue weighted by molar-refractivity contribution is 6.10. The minimum absolute atomic E-state index is 0.210. The van der Waals surface area contributed by atoms with Gasteiger partial charge in [-0.25, -0.2) is 4.98 Å². The van der Waals surface area contributed by atoms with Crippen LogP contribution >= 0.6 is 0 Å². The second-order valence-electron chi connectivity index (χ2n) is 9.12. The Bertz CT molecular complexity index is 1670. The Morgan fingerprint density at radius 1 is 0.676 bits per heavy atom. The van der Waals surface area contributed by atoms with Gasteiger partial charge in [0.05, 0.1) is 18.1 Å². The molecule has 6 aromatic rings. The van der Waals surface area contributed by atoms with E-state index in [0.29, 0.717) is 6.04 Å². The molecule has 0 fully saturated rings. The molecule has 164 valence electrons. The predicted molar refractivity (Wildman–Crippen MR) is 140 cm³/mol. The summed E-state index contributed by atoms with van der Waals surface area (Å²) in [5, 5.41) is 2.38. The summed E-state index contributed by atoms with van der Waals surface area (Å²) in [6.45, 7) is 4.44. The molecule has 6 rings (SSSR count). The fraction of sp³-hybridized carbons (Fsp3) is 0.0968. The first-order valence-electron chi connectivity index (χ1n) is 12.0. The first-order chi connectivity index (χ1) is 17.0. The molecule has 0 N–H and O–H groups in total. The number of hydrogen-bond acceptors (Lipinski definition) is 2. The Kier molecular flexibility index (Phi) is 4.51. The number of rotatable bonds is 4. The van der Waals surface area contributed by atoms with Gasteiger partial charge in [0.15, 0.2) is 0 Å². The fourth-order valence-corrected chi connectivity index (χ4v) is 4.81. The lowest BCUT2D eigenvalue weighted by atomic mass is 9.80. The van der Waals surface area contributed by atoms with E-state index in [2.05, 4.69) is 101 Å². The van der Waals surface area contributed by atoms with Gasteiger partial charge in [-0.3, -0.25) is 9.55 Å². The molecule has 0 aliphatic rings. The molecule has 34 heavy (non-hydrogen) atoms. The van der Waals surface area contributed by atoms with Gasteiger partial charge in [0.2, 0.25) is 0 Å². The maximum Gasteiger partial charge on any atom is 0.137 e. The number of fused-ring (bicyclic) bond motifs is 3. The summed E-state index contributed by atoms with van der Waals surface area (Å²) in [6.07, 6.45) is 3.46.